The Morgan fingerprint density at radius 1 is 0.833 bits per heavy atom. The quantitative estimate of drug-likeness (QED) is 0.810. The first-order valence-electron chi connectivity index (χ1n) is 8.20. The molecule has 1 saturated carbocycles. The fraction of sp³-hybridized carbons (Fsp3) is 1.00. The Labute approximate surface area is 113 Å². The lowest BCUT2D eigenvalue weighted by Gasteiger charge is -2.48. The molecule has 2 aliphatic heterocycles. The van der Waals surface area contributed by atoms with E-state index in [4.69, 9.17) is 0 Å². The maximum atomic E-state index is 4.01. The second kappa shape index (κ2) is 5.50. The first-order valence-corrected chi connectivity index (χ1v) is 8.20. The van der Waals surface area contributed by atoms with Gasteiger partial charge in [0.05, 0.1) is 0 Å². The molecule has 3 fully saturated rings. The van der Waals surface area contributed by atoms with Crippen molar-refractivity contribution in [2.75, 3.05) is 7.05 Å². The molecule has 104 valence electrons. The third-order valence-corrected chi connectivity index (χ3v) is 5.75. The normalized spacial score (nSPS) is 46.0. The molecule has 1 aliphatic carbocycles. The van der Waals surface area contributed by atoms with Gasteiger partial charge in [-0.1, -0.05) is 26.2 Å². The van der Waals surface area contributed by atoms with Gasteiger partial charge in [-0.2, -0.15) is 0 Å². The number of piperidine rings is 2. The predicted molar refractivity (Wildman–Crippen MR) is 76.8 cm³/mol. The Morgan fingerprint density at radius 2 is 1.50 bits per heavy atom. The minimum absolute atomic E-state index is 0.812. The van der Waals surface area contributed by atoms with E-state index < -0.39 is 0 Å². The molecule has 0 aromatic heterocycles. The van der Waals surface area contributed by atoms with E-state index in [0.717, 1.165) is 30.1 Å². The zero-order valence-corrected chi connectivity index (χ0v) is 12.2. The summed E-state index contributed by atoms with van der Waals surface area (Å²) in [7, 11) is 2.35. The Kier molecular flexibility index (Phi) is 3.95. The molecular weight excluding hydrogens is 220 g/mol. The van der Waals surface area contributed by atoms with Gasteiger partial charge in [0.1, 0.15) is 0 Å². The summed E-state index contributed by atoms with van der Waals surface area (Å²) in [6, 6.07) is 3.38. The molecular formula is C16H30N2. The smallest absolute Gasteiger partial charge is 0.0110 e. The van der Waals surface area contributed by atoms with Gasteiger partial charge in [0.15, 0.2) is 0 Å². The van der Waals surface area contributed by atoms with E-state index in [-0.39, 0.29) is 0 Å². The standard InChI is InChI=1S/C16H30N2/c1-12-5-3-6-13(9-12)17-14-10-15-7-4-8-16(11-14)18(15)2/h12-17H,3-11H2,1-2H3. The lowest BCUT2D eigenvalue weighted by molar-refractivity contribution is 0.0436. The second-order valence-corrected chi connectivity index (χ2v) is 7.21. The summed E-state index contributed by atoms with van der Waals surface area (Å²) < 4.78 is 0. The maximum absolute atomic E-state index is 4.01. The van der Waals surface area contributed by atoms with Crippen molar-refractivity contribution in [2.45, 2.75) is 88.9 Å². The zero-order chi connectivity index (χ0) is 12.5. The Bertz CT molecular complexity index is 264. The van der Waals surface area contributed by atoms with Crippen molar-refractivity contribution in [3.05, 3.63) is 0 Å². The summed E-state index contributed by atoms with van der Waals surface area (Å²) in [4.78, 5) is 2.67. The van der Waals surface area contributed by atoms with Gasteiger partial charge in [-0.15, -0.1) is 0 Å². The minimum atomic E-state index is 0.812. The van der Waals surface area contributed by atoms with Crippen molar-refractivity contribution in [1.29, 1.82) is 0 Å². The van der Waals surface area contributed by atoms with E-state index >= 15 is 0 Å². The summed E-state index contributed by atoms with van der Waals surface area (Å²) in [5.41, 5.74) is 0. The molecule has 0 aromatic rings. The van der Waals surface area contributed by atoms with Crippen LogP contribution in [0.15, 0.2) is 0 Å². The summed E-state index contributed by atoms with van der Waals surface area (Å²) in [5.74, 6) is 0.946. The predicted octanol–water partition coefficient (Wildman–Crippen LogP) is 3.17. The highest BCUT2D eigenvalue weighted by molar-refractivity contribution is 4.94. The van der Waals surface area contributed by atoms with Gasteiger partial charge in [-0.05, 0) is 51.5 Å². The third-order valence-electron chi connectivity index (χ3n) is 5.75. The van der Waals surface area contributed by atoms with Crippen LogP contribution in [-0.2, 0) is 0 Å². The highest BCUT2D eigenvalue weighted by Crippen LogP contribution is 2.33. The molecule has 0 aromatic carbocycles. The van der Waals surface area contributed by atoms with Crippen LogP contribution in [0.3, 0.4) is 0 Å². The summed E-state index contributed by atoms with van der Waals surface area (Å²) in [6.45, 7) is 2.43. The van der Waals surface area contributed by atoms with Crippen LogP contribution >= 0.6 is 0 Å². The van der Waals surface area contributed by atoms with Crippen LogP contribution in [-0.4, -0.2) is 36.1 Å². The first-order chi connectivity index (χ1) is 8.72. The molecule has 2 heterocycles. The van der Waals surface area contributed by atoms with Crippen LogP contribution in [0.4, 0.5) is 0 Å². The summed E-state index contributed by atoms with van der Waals surface area (Å²) >= 11 is 0. The van der Waals surface area contributed by atoms with Crippen molar-refractivity contribution in [3.63, 3.8) is 0 Å². The van der Waals surface area contributed by atoms with Crippen molar-refractivity contribution in [1.82, 2.24) is 10.2 Å². The van der Waals surface area contributed by atoms with Gasteiger partial charge < -0.3 is 10.2 Å². The summed E-state index contributed by atoms with van der Waals surface area (Å²) in [6.07, 6.45) is 12.9. The molecule has 1 N–H and O–H groups in total. The van der Waals surface area contributed by atoms with Crippen LogP contribution in [0.25, 0.3) is 0 Å². The van der Waals surface area contributed by atoms with Gasteiger partial charge in [0.2, 0.25) is 0 Å². The van der Waals surface area contributed by atoms with E-state index in [9.17, 15) is 0 Å². The number of rotatable bonds is 2. The minimum Gasteiger partial charge on any atom is -0.311 e. The molecule has 2 nitrogen and oxygen atoms in total. The van der Waals surface area contributed by atoms with Gasteiger partial charge in [0, 0.05) is 24.2 Å². The molecule has 2 saturated heterocycles. The molecule has 3 aliphatic rings. The first kappa shape index (κ1) is 12.9. The fourth-order valence-electron chi connectivity index (χ4n) is 4.67. The van der Waals surface area contributed by atoms with Crippen molar-refractivity contribution >= 4 is 0 Å². The highest BCUT2D eigenvalue weighted by Gasteiger charge is 2.36. The molecule has 2 heteroatoms. The summed E-state index contributed by atoms with van der Waals surface area (Å²) in [5, 5.41) is 4.01. The van der Waals surface area contributed by atoms with Crippen molar-refractivity contribution in [3.8, 4) is 0 Å². The van der Waals surface area contributed by atoms with Gasteiger partial charge >= 0.3 is 0 Å². The average Bonchev–Trinajstić information content (AvgIpc) is 2.30. The third kappa shape index (κ3) is 2.75. The topological polar surface area (TPSA) is 15.3 Å². The van der Waals surface area contributed by atoms with Crippen LogP contribution < -0.4 is 5.32 Å². The Balaban J connectivity index is 1.54. The lowest BCUT2D eigenvalue weighted by Crippen LogP contribution is -2.56. The second-order valence-electron chi connectivity index (χ2n) is 7.21. The highest BCUT2D eigenvalue weighted by atomic mass is 15.2. The SMILES string of the molecule is CC1CCCC(NC2CC3CCCC(C2)N3C)C1. The molecule has 0 amide bonds. The van der Waals surface area contributed by atoms with Gasteiger partial charge in [-0.3, -0.25) is 0 Å². The van der Waals surface area contributed by atoms with Gasteiger partial charge in [0.25, 0.3) is 0 Å². The molecule has 0 spiro atoms. The molecule has 2 bridgehead atoms. The lowest BCUT2D eigenvalue weighted by atomic mass is 9.81. The van der Waals surface area contributed by atoms with E-state index in [1.165, 1.54) is 57.8 Å². The molecule has 18 heavy (non-hydrogen) atoms. The Morgan fingerprint density at radius 3 is 2.17 bits per heavy atom. The molecule has 3 rings (SSSR count). The monoisotopic (exact) mass is 250 g/mol. The van der Waals surface area contributed by atoms with E-state index in [0.29, 0.717) is 0 Å². The zero-order valence-electron chi connectivity index (χ0n) is 12.2. The molecule has 4 atom stereocenters. The van der Waals surface area contributed by atoms with E-state index in [1.54, 1.807) is 0 Å². The van der Waals surface area contributed by atoms with E-state index in [2.05, 4.69) is 24.2 Å². The number of hydrogen-bond acceptors (Lipinski definition) is 2. The largest absolute Gasteiger partial charge is 0.311 e. The van der Waals surface area contributed by atoms with Crippen molar-refractivity contribution in [2.24, 2.45) is 5.92 Å². The maximum Gasteiger partial charge on any atom is 0.0110 e. The molecule has 0 radical (unpaired) electrons. The number of fused-ring (bicyclic) bond motifs is 2. The number of hydrogen-bond donors (Lipinski definition) is 1. The van der Waals surface area contributed by atoms with Crippen LogP contribution in [0.2, 0.25) is 0 Å². The van der Waals surface area contributed by atoms with Crippen LogP contribution in [0.5, 0.6) is 0 Å². The van der Waals surface area contributed by atoms with Crippen molar-refractivity contribution < 1.29 is 0 Å². The molecule has 4 unspecified atom stereocenters. The number of nitrogens with zero attached hydrogens (tertiary/aromatic N) is 1. The fourth-order valence-corrected chi connectivity index (χ4v) is 4.67. The average molecular weight is 250 g/mol. The Hall–Kier alpha value is -0.0800. The van der Waals surface area contributed by atoms with E-state index in [1.807, 2.05) is 0 Å². The van der Waals surface area contributed by atoms with Gasteiger partial charge in [-0.25, -0.2) is 0 Å². The van der Waals surface area contributed by atoms with Crippen LogP contribution in [0.1, 0.15) is 64.7 Å². The number of nitrogens with one attached hydrogen (secondary N) is 1. The van der Waals surface area contributed by atoms with Crippen LogP contribution in [0, 0.1) is 5.92 Å².